The first-order valence-corrected chi connectivity index (χ1v) is 3.25. The standard InChI is InChI=1S/C6H12N2O3/c1-4-11-6(10)7-8(3)5(2)9/h4H2,1-3H3,(H,7,10). The molecular formula is C6H12N2O3. The molecule has 0 unspecified atom stereocenters. The van der Waals surface area contributed by atoms with E-state index in [4.69, 9.17) is 0 Å². The minimum Gasteiger partial charge on any atom is -0.449 e. The topological polar surface area (TPSA) is 58.6 Å². The number of amides is 2. The van der Waals surface area contributed by atoms with Gasteiger partial charge < -0.3 is 4.74 Å². The number of hydrogen-bond donors (Lipinski definition) is 1. The molecule has 11 heavy (non-hydrogen) atoms. The van der Waals surface area contributed by atoms with Crippen molar-refractivity contribution in [2.24, 2.45) is 0 Å². The number of nitrogens with one attached hydrogen (secondary N) is 1. The summed E-state index contributed by atoms with van der Waals surface area (Å²) in [5.74, 6) is -0.252. The Morgan fingerprint density at radius 3 is 2.45 bits per heavy atom. The van der Waals surface area contributed by atoms with E-state index in [0.29, 0.717) is 0 Å². The maximum Gasteiger partial charge on any atom is 0.426 e. The van der Waals surface area contributed by atoms with Crippen LogP contribution >= 0.6 is 0 Å². The van der Waals surface area contributed by atoms with Crippen molar-refractivity contribution in [2.45, 2.75) is 13.8 Å². The van der Waals surface area contributed by atoms with Gasteiger partial charge in [0.2, 0.25) is 5.91 Å². The molecule has 0 saturated carbocycles. The summed E-state index contributed by atoms with van der Waals surface area (Å²) >= 11 is 0. The van der Waals surface area contributed by atoms with Crippen molar-refractivity contribution in [3.05, 3.63) is 0 Å². The highest BCUT2D eigenvalue weighted by Gasteiger charge is 2.05. The highest BCUT2D eigenvalue weighted by molar-refractivity contribution is 5.76. The predicted molar refractivity (Wildman–Crippen MR) is 38.6 cm³/mol. The van der Waals surface area contributed by atoms with Crippen molar-refractivity contribution in [1.82, 2.24) is 10.4 Å². The molecule has 0 radical (unpaired) electrons. The molecule has 0 aliphatic carbocycles. The average Bonchev–Trinajstić information content (AvgIpc) is 1.87. The largest absolute Gasteiger partial charge is 0.449 e. The second-order valence-corrected chi connectivity index (χ2v) is 1.91. The van der Waals surface area contributed by atoms with Gasteiger partial charge in [-0.05, 0) is 6.92 Å². The van der Waals surface area contributed by atoms with Gasteiger partial charge in [-0.1, -0.05) is 0 Å². The molecule has 0 fully saturated rings. The van der Waals surface area contributed by atoms with Crippen LogP contribution < -0.4 is 5.43 Å². The summed E-state index contributed by atoms with van der Waals surface area (Å²) in [4.78, 5) is 21.2. The van der Waals surface area contributed by atoms with E-state index in [0.717, 1.165) is 5.01 Å². The second kappa shape index (κ2) is 4.54. The Hall–Kier alpha value is -1.26. The fourth-order valence-electron chi connectivity index (χ4n) is 0.379. The molecule has 0 saturated heterocycles. The summed E-state index contributed by atoms with van der Waals surface area (Å²) in [6, 6.07) is 0. The number of ether oxygens (including phenoxy) is 1. The van der Waals surface area contributed by atoms with Gasteiger partial charge in [0.1, 0.15) is 0 Å². The molecule has 0 aromatic heterocycles. The molecule has 0 spiro atoms. The highest BCUT2D eigenvalue weighted by Crippen LogP contribution is 1.80. The lowest BCUT2D eigenvalue weighted by molar-refractivity contribution is -0.129. The first kappa shape index (κ1) is 9.74. The zero-order chi connectivity index (χ0) is 8.85. The number of carbonyl (C=O) groups excluding carboxylic acids is 2. The summed E-state index contributed by atoms with van der Waals surface area (Å²) in [5.41, 5.74) is 2.20. The third-order valence-corrected chi connectivity index (χ3v) is 1.01. The normalized spacial score (nSPS) is 8.64. The molecule has 0 aliphatic rings. The first-order valence-electron chi connectivity index (χ1n) is 3.25. The summed E-state index contributed by atoms with van der Waals surface area (Å²) < 4.78 is 4.52. The first-order chi connectivity index (χ1) is 5.07. The molecule has 64 valence electrons. The zero-order valence-corrected chi connectivity index (χ0v) is 6.88. The fourth-order valence-corrected chi connectivity index (χ4v) is 0.379. The predicted octanol–water partition coefficient (Wildman–Crippen LogP) is 0.126. The van der Waals surface area contributed by atoms with E-state index in [-0.39, 0.29) is 12.5 Å². The van der Waals surface area contributed by atoms with Crippen molar-refractivity contribution in [3.63, 3.8) is 0 Å². The van der Waals surface area contributed by atoms with Gasteiger partial charge in [0.25, 0.3) is 0 Å². The minimum atomic E-state index is -0.620. The van der Waals surface area contributed by atoms with Crippen LogP contribution in [0.5, 0.6) is 0 Å². The molecule has 5 nitrogen and oxygen atoms in total. The van der Waals surface area contributed by atoms with Gasteiger partial charge in [-0.25, -0.2) is 10.2 Å². The number of hydrazine groups is 1. The van der Waals surface area contributed by atoms with E-state index >= 15 is 0 Å². The molecule has 5 heteroatoms. The second-order valence-electron chi connectivity index (χ2n) is 1.91. The summed E-state index contributed by atoms with van der Waals surface area (Å²) in [6.45, 7) is 3.32. The van der Waals surface area contributed by atoms with Crippen LogP contribution in [0.15, 0.2) is 0 Å². The molecule has 0 aliphatic heterocycles. The fraction of sp³-hybridized carbons (Fsp3) is 0.667. The third kappa shape index (κ3) is 4.19. The Labute approximate surface area is 65.3 Å². The molecule has 0 atom stereocenters. The average molecular weight is 160 g/mol. The molecule has 0 rings (SSSR count). The quantitative estimate of drug-likeness (QED) is 0.554. The van der Waals surface area contributed by atoms with Crippen LogP contribution in [0.25, 0.3) is 0 Å². The number of rotatable bonds is 1. The van der Waals surface area contributed by atoms with E-state index in [2.05, 4.69) is 10.2 Å². The monoisotopic (exact) mass is 160 g/mol. The van der Waals surface area contributed by atoms with Crippen molar-refractivity contribution in [1.29, 1.82) is 0 Å². The molecule has 0 heterocycles. The molecule has 2 amide bonds. The van der Waals surface area contributed by atoms with E-state index in [1.165, 1.54) is 14.0 Å². The van der Waals surface area contributed by atoms with Crippen LogP contribution in [-0.4, -0.2) is 30.7 Å². The van der Waals surface area contributed by atoms with Gasteiger partial charge in [0, 0.05) is 14.0 Å². The van der Waals surface area contributed by atoms with Crippen LogP contribution in [0.2, 0.25) is 0 Å². The number of carbonyl (C=O) groups is 2. The maximum atomic E-state index is 10.6. The molecule has 0 aromatic rings. The summed E-state index contributed by atoms with van der Waals surface area (Å²) in [7, 11) is 1.44. The van der Waals surface area contributed by atoms with Crippen LogP contribution in [-0.2, 0) is 9.53 Å². The Balaban J connectivity index is 3.66. The minimum absolute atomic E-state index is 0.252. The number of hydrogen-bond acceptors (Lipinski definition) is 3. The molecule has 0 bridgehead atoms. The Morgan fingerprint density at radius 1 is 1.55 bits per heavy atom. The smallest absolute Gasteiger partial charge is 0.426 e. The van der Waals surface area contributed by atoms with Crippen molar-refractivity contribution in [2.75, 3.05) is 13.7 Å². The van der Waals surface area contributed by atoms with Gasteiger partial charge >= 0.3 is 6.09 Å². The Kier molecular flexibility index (Phi) is 4.02. The lowest BCUT2D eigenvalue weighted by Crippen LogP contribution is -2.42. The SMILES string of the molecule is CCOC(=O)NN(C)C(C)=O. The molecule has 0 aromatic carbocycles. The van der Waals surface area contributed by atoms with E-state index in [1.807, 2.05) is 0 Å². The molecular weight excluding hydrogens is 148 g/mol. The molecule has 1 N–H and O–H groups in total. The van der Waals surface area contributed by atoms with Gasteiger partial charge in [0.15, 0.2) is 0 Å². The third-order valence-electron chi connectivity index (χ3n) is 1.01. The van der Waals surface area contributed by atoms with Gasteiger partial charge in [0.05, 0.1) is 6.61 Å². The van der Waals surface area contributed by atoms with Crippen LogP contribution in [0.3, 0.4) is 0 Å². The summed E-state index contributed by atoms with van der Waals surface area (Å²) in [6.07, 6.45) is -0.620. The van der Waals surface area contributed by atoms with Crippen LogP contribution in [0, 0.1) is 0 Å². The number of nitrogens with zero attached hydrogens (tertiary/aromatic N) is 1. The zero-order valence-electron chi connectivity index (χ0n) is 6.88. The van der Waals surface area contributed by atoms with Crippen LogP contribution in [0.1, 0.15) is 13.8 Å². The Morgan fingerprint density at radius 2 is 2.09 bits per heavy atom. The van der Waals surface area contributed by atoms with Crippen molar-refractivity contribution < 1.29 is 14.3 Å². The van der Waals surface area contributed by atoms with Crippen molar-refractivity contribution >= 4 is 12.0 Å². The van der Waals surface area contributed by atoms with E-state index in [9.17, 15) is 9.59 Å². The van der Waals surface area contributed by atoms with Crippen LogP contribution in [0.4, 0.5) is 4.79 Å². The summed E-state index contributed by atoms with van der Waals surface area (Å²) in [5, 5.41) is 1.05. The van der Waals surface area contributed by atoms with E-state index in [1.54, 1.807) is 6.92 Å². The van der Waals surface area contributed by atoms with Gasteiger partial charge in [-0.15, -0.1) is 0 Å². The van der Waals surface area contributed by atoms with Gasteiger partial charge in [-0.2, -0.15) is 0 Å². The van der Waals surface area contributed by atoms with Gasteiger partial charge in [-0.3, -0.25) is 9.80 Å². The van der Waals surface area contributed by atoms with E-state index < -0.39 is 6.09 Å². The lowest BCUT2D eigenvalue weighted by atomic mass is 10.7. The van der Waals surface area contributed by atoms with Crippen molar-refractivity contribution in [3.8, 4) is 0 Å². The Bertz CT molecular complexity index is 158. The highest BCUT2D eigenvalue weighted by atomic mass is 16.6. The maximum absolute atomic E-state index is 10.6. The lowest BCUT2D eigenvalue weighted by Gasteiger charge is -2.14.